The fraction of sp³-hybridized carbons (Fsp3) is 0.500. The number of benzene rings is 1. The molecular formula is C14H22N2O2. The van der Waals surface area contributed by atoms with Gasteiger partial charge in [0, 0.05) is 31.6 Å². The van der Waals surface area contributed by atoms with Crippen molar-refractivity contribution in [2.75, 3.05) is 13.6 Å². The van der Waals surface area contributed by atoms with Gasteiger partial charge in [-0.2, -0.15) is 0 Å². The van der Waals surface area contributed by atoms with Gasteiger partial charge in [-0.3, -0.25) is 4.79 Å². The molecule has 0 bridgehead atoms. The van der Waals surface area contributed by atoms with E-state index in [2.05, 4.69) is 5.32 Å². The number of carbonyl (C=O) groups is 1. The molecule has 0 saturated carbocycles. The standard InChI is InChI=1S/C14H22N2O2/c1-4-15-11(2)9-14(18)16(3)10-12-7-5-6-8-13(12)17/h5-8,11,15,17H,4,9-10H2,1-3H3. The molecule has 4 heteroatoms. The van der Waals surface area contributed by atoms with E-state index in [0.717, 1.165) is 12.1 Å². The van der Waals surface area contributed by atoms with Crippen LogP contribution >= 0.6 is 0 Å². The average Bonchev–Trinajstić information content (AvgIpc) is 2.32. The van der Waals surface area contributed by atoms with Crippen LogP contribution in [0.1, 0.15) is 25.8 Å². The molecule has 0 heterocycles. The van der Waals surface area contributed by atoms with E-state index in [1.807, 2.05) is 26.0 Å². The molecule has 100 valence electrons. The monoisotopic (exact) mass is 250 g/mol. The van der Waals surface area contributed by atoms with Gasteiger partial charge in [-0.1, -0.05) is 25.1 Å². The minimum absolute atomic E-state index is 0.0757. The lowest BCUT2D eigenvalue weighted by Crippen LogP contribution is -2.34. The number of phenolic OH excluding ortho intramolecular Hbond substituents is 1. The molecule has 0 aliphatic rings. The maximum absolute atomic E-state index is 11.9. The lowest BCUT2D eigenvalue weighted by atomic mass is 10.1. The van der Waals surface area contributed by atoms with Crippen LogP contribution < -0.4 is 5.32 Å². The third-order valence-corrected chi connectivity index (χ3v) is 2.86. The number of hydrogen-bond acceptors (Lipinski definition) is 3. The molecule has 0 aromatic heterocycles. The second-order valence-electron chi connectivity index (χ2n) is 4.54. The number of rotatable bonds is 6. The molecule has 2 N–H and O–H groups in total. The molecule has 18 heavy (non-hydrogen) atoms. The van der Waals surface area contributed by atoms with Crippen molar-refractivity contribution in [2.45, 2.75) is 32.9 Å². The summed E-state index contributed by atoms with van der Waals surface area (Å²) in [6, 6.07) is 7.26. The second-order valence-corrected chi connectivity index (χ2v) is 4.54. The van der Waals surface area contributed by atoms with E-state index in [1.54, 1.807) is 24.1 Å². The van der Waals surface area contributed by atoms with Crippen molar-refractivity contribution >= 4 is 5.91 Å². The van der Waals surface area contributed by atoms with E-state index in [4.69, 9.17) is 0 Å². The Hall–Kier alpha value is -1.55. The molecule has 1 atom stereocenters. The first kappa shape index (κ1) is 14.5. The van der Waals surface area contributed by atoms with Gasteiger partial charge in [-0.05, 0) is 19.5 Å². The van der Waals surface area contributed by atoms with Crippen molar-refractivity contribution in [1.82, 2.24) is 10.2 Å². The van der Waals surface area contributed by atoms with E-state index in [-0.39, 0.29) is 17.7 Å². The van der Waals surface area contributed by atoms with Crippen LogP contribution in [0.2, 0.25) is 0 Å². The topological polar surface area (TPSA) is 52.6 Å². The third kappa shape index (κ3) is 4.37. The third-order valence-electron chi connectivity index (χ3n) is 2.86. The molecular weight excluding hydrogens is 228 g/mol. The molecule has 4 nitrogen and oxygen atoms in total. The zero-order valence-corrected chi connectivity index (χ0v) is 11.3. The second kappa shape index (κ2) is 7.01. The average molecular weight is 250 g/mol. The molecule has 1 unspecified atom stereocenters. The van der Waals surface area contributed by atoms with Crippen molar-refractivity contribution < 1.29 is 9.90 Å². The van der Waals surface area contributed by atoms with E-state index in [9.17, 15) is 9.90 Å². The maximum Gasteiger partial charge on any atom is 0.224 e. The van der Waals surface area contributed by atoms with Crippen molar-refractivity contribution in [3.05, 3.63) is 29.8 Å². The van der Waals surface area contributed by atoms with Crippen molar-refractivity contribution in [3.8, 4) is 5.75 Å². The molecule has 0 aliphatic carbocycles. The Bertz CT molecular complexity index is 393. The summed E-state index contributed by atoms with van der Waals surface area (Å²) in [7, 11) is 1.76. The van der Waals surface area contributed by atoms with Gasteiger partial charge in [0.05, 0.1) is 0 Å². The van der Waals surface area contributed by atoms with Crippen molar-refractivity contribution in [3.63, 3.8) is 0 Å². The summed E-state index contributed by atoms with van der Waals surface area (Å²) in [6.07, 6.45) is 0.470. The van der Waals surface area contributed by atoms with Gasteiger partial charge in [0.2, 0.25) is 5.91 Å². The molecule has 0 spiro atoms. The smallest absolute Gasteiger partial charge is 0.224 e. The van der Waals surface area contributed by atoms with Crippen LogP contribution in [-0.2, 0) is 11.3 Å². The number of hydrogen-bond donors (Lipinski definition) is 2. The Balaban J connectivity index is 2.52. The first-order valence-corrected chi connectivity index (χ1v) is 6.28. The van der Waals surface area contributed by atoms with Crippen LogP contribution in [0.15, 0.2) is 24.3 Å². The van der Waals surface area contributed by atoms with Crippen LogP contribution in [-0.4, -0.2) is 35.5 Å². The molecule has 1 aromatic carbocycles. The van der Waals surface area contributed by atoms with E-state index in [1.165, 1.54) is 0 Å². The summed E-state index contributed by atoms with van der Waals surface area (Å²) in [5.74, 6) is 0.309. The Morgan fingerprint density at radius 2 is 2.11 bits per heavy atom. The highest BCUT2D eigenvalue weighted by Gasteiger charge is 2.14. The fourth-order valence-electron chi connectivity index (χ4n) is 1.83. The predicted octanol–water partition coefficient (Wildman–Crippen LogP) is 1.74. The number of nitrogens with one attached hydrogen (secondary N) is 1. The van der Waals surface area contributed by atoms with E-state index in [0.29, 0.717) is 13.0 Å². The van der Waals surface area contributed by atoms with Gasteiger partial charge >= 0.3 is 0 Å². The van der Waals surface area contributed by atoms with Crippen LogP contribution in [0.3, 0.4) is 0 Å². The zero-order chi connectivity index (χ0) is 13.5. The lowest BCUT2D eigenvalue weighted by molar-refractivity contribution is -0.130. The Kier molecular flexibility index (Phi) is 5.65. The highest BCUT2D eigenvalue weighted by atomic mass is 16.3. The van der Waals surface area contributed by atoms with Gasteiger partial charge in [0.15, 0.2) is 0 Å². The highest BCUT2D eigenvalue weighted by molar-refractivity contribution is 5.76. The summed E-state index contributed by atoms with van der Waals surface area (Å²) in [6.45, 7) is 5.31. The number of para-hydroxylation sites is 1. The van der Waals surface area contributed by atoms with E-state index < -0.39 is 0 Å². The molecule has 0 saturated heterocycles. The normalized spacial score (nSPS) is 12.2. The largest absolute Gasteiger partial charge is 0.508 e. The molecule has 1 rings (SSSR count). The molecule has 0 aliphatic heterocycles. The maximum atomic E-state index is 11.9. The van der Waals surface area contributed by atoms with Crippen LogP contribution in [0.5, 0.6) is 5.75 Å². The summed E-state index contributed by atoms with van der Waals surface area (Å²) < 4.78 is 0. The summed E-state index contributed by atoms with van der Waals surface area (Å²) in [4.78, 5) is 13.6. The SMILES string of the molecule is CCNC(C)CC(=O)N(C)Cc1ccccc1O. The minimum Gasteiger partial charge on any atom is -0.508 e. The van der Waals surface area contributed by atoms with Gasteiger partial charge in [0.1, 0.15) is 5.75 Å². The van der Waals surface area contributed by atoms with Gasteiger partial charge in [0.25, 0.3) is 0 Å². The molecule has 1 aromatic rings. The Morgan fingerprint density at radius 1 is 1.44 bits per heavy atom. The number of nitrogens with zero attached hydrogens (tertiary/aromatic N) is 1. The van der Waals surface area contributed by atoms with Crippen molar-refractivity contribution in [2.24, 2.45) is 0 Å². The quantitative estimate of drug-likeness (QED) is 0.808. The summed E-state index contributed by atoms with van der Waals surface area (Å²) >= 11 is 0. The van der Waals surface area contributed by atoms with Crippen LogP contribution in [0, 0.1) is 0 Å². The summed E-state index contributed by atoms with van der Waals surface area (Å²) in [5, 5.41) is 12.9. The number of phenols is 1. The number of carbonyl (C=O) groups excluding carboxylic acids is 1. The van der Waals surface area contributed by atoms with Crippen molar-refractivity contribution in [1.29, 1.82) is 0 Å². The van der Waals surface area contributed by atoms with Gasteiger partial charge < -0.3 is 15.3 Å². The van der Waals surface area contributed by atoms with Gasteiger partial charge in [-0.25, -0.2) is 0 Å². The first-order valence-electron chi connectivity index (χ1n) is 6.28. The fourth-order valence-corrected chi connectivity index (χ4v) is 1.83. The van der Waals surface area contributed by atoms with Crippen LogP contribution in [0.4, 0.5) is 0 Å². The van der Waals surface area contributed by atoms with E-state index >= 15 is 0 Å². The minimum atomic E-state index is 0.0757. The lowest BCUT2D eigenvalue weighted by Gasteiger charge is -2.20. The molecule has 0 radical (unpaired) electrons. The zero-order valence-electron chi connectivity index (χ0n) is 11.3. The summed E-state index contributed by atoms with van der Waals surface area (Å²) in [5.41, 5.74) is 0.768. The molecule has 0 fully saturated rings. The van der Waals surface area contributed by atoms with Gasteiger partial charge in [-0.15, -0.1) is 0 Å². The van der Waals surface area contributed by atoms with Crippen LogP contribution in [0.25, 0.3) is 0 Å². The molecule has 1 amide bonds. The predicted molar refractivity (Wildman–Crippen MR) is 72.3 cm³/mol. The first-order chi connectivity index (χ1) is 8.54. The number of amides is 1. The Morgan fingerprint density at radius 3 is 2.72 bits per heavy atom. The highest BCUT2D eigenvalue weighted by Crippen LogP contribution is 2.17. The Labute approximate surface area is 109 Å². The number of aromatic hydroxyl groups is 1.